The van der Waals surface area contributed by atoms with Gasteiger partial charge in [0.1, 0.15) is 0 Å². The summed E-state index contributed by atoms with van der Waals surface area (Å²) in [7, 11) is 0. The quantitative estimate of drug-likeness (QED) is 0.742. The number of nitrogens with one attached hydrogen (secondary N) is 1. The minimum atomic E-state index is -0.223. The van der Waals surface area contributed by atoms with E-state index >= 15 is 0 Å². The highest BCUT2D eigenvalue weighted by molar-refractivity contribution is 5.93. The van der Waals surface area contributed by atoms with Crippen LogP contribution in [0.25, 0.3) is 0 Å². The van der Waals surface area contributed by atoms with Crippen molar-refractivity contribution in [2.75, 3.05) is 13.1 Å². The second-order valence-corrected chi connectivity index (χ2v) is 9.55. The number of likely N-dealkylation sites (tertiary alicyclic amines) is 1. The summed E-state index contributed by atoms with van der Waals surface area (Å²) in [4.78, 5) is 27.2. The van der Waals surface area contributed by atoms with Crippen LogP contribution in [0.4, 0.5) is 0 Å². The summed E-state index contributed by atoms with van der Waals surface area (Å²) in [5, 5.41) is 3.18. The minimum absolute atomic E-state index is 0.0547. The molecular weight excluding hydrogens is 412 g/mol. The maximum absolute atomic E-state index is 13.0. The van der Waals surface area contributed by atoms with E-state index in [1.807, 2.05) is 29.2 Å². The van der Waals surface area contributed by atoms with Gasteiger partial charge < -0.3 is 15.0 Å². The fourth-order valence-corrected chi connectivity index (χ4v) is 5.98. The van der Waals surface area contributed by atoms with E-state index in [1.165, 1.54) is 5.56 Å². The van der Waals surface area contributed by atoms with E-state index < -0.39 is 0 Å². The SMILES string of the molecule is CC(=O)N[C@@H]1c2ccccc2C2(CCN(C(=O)C3=CCCC3)CC2)[C@H]1OCc1ccccc1. The topological polar surface area (TPSA) is 58.6 Å². The number of piperidine rings is 1. The zero-order chi connectivity index (χ0) is 22.8. The van der Waals surface area contributed by atoms with Crippen LogP contribution in [0.3, 0.4) is 0 Å². The van der Waals surface area contributed by atoms with Crippen molar-refractivity contribution < 1.29 is 14.3 Å². The molecule has 2 aromatic rings. The first kappa shape index (κ1) is 21.9. The smallest absolute Gasteiger partial charge is 0.249 e. The monoisotopic (exact) mass is 444 g/mol. The third kappa shape index (κ3) is 4.10. The van der Waals surface area contributed by atoms with Crippen LogP contribution in [0.15, 0.2) is 66.2 Å². The molecule has 1 aliphatic heterocycles. The minimum Gasteiger partial charge on any atom is -0.370 e. The number of hydrogen-bond donors (Lipinski definition) is 1. The first-order chi connectivity index (χ1) is 16.1. The Labute approximate surface area is 195 Å². The summed E-state index contributed by atoms with van der Waals surface area (Å²) in [5.41, 5.74) is 4.27. The predicted octanol–water partition coefficient (Wildman–Crippen LogP) is 4.43. The molecule has 2 atom stereocenters. The molecule has 1 heterocycles. The van der Waals surface area contributed by atoms with Crippen LogP contribution >= 0.6 is 0 Å². The highest BCUT2D eigenvalue weighted by Crippen LogP contribution is 2.52. The van der Waals surface area contributed by atoms with Gasteiger partial charge in [-0.15, -0.1) is 0 Å². The Morgan fingerprint density at radius 1 is 1.06 bits per heavy atom. The first-order valence-electron chi connectivity index (χ1n) is 12.1. The van der Waals surface area contributed by atoms with Gasteiger partial charge in [0.15, 0.2) is 0 Å². The summed E-state index contributed by atoms with van der Waals surface area (Å²) in [6.07, 6.45) is 6.59. The van der Waals surface area contributed by atoms with Crippen LogP contribution in [-0.2, 0) is 26.3 Å². The molecule has 2 aliphatic carbocycles. The lowest BCUT2D eigenvalue weighted by Crippen LogP contribution is -2.52. The summed E-state index contributed by atoms with van der Waals surface area (Å²) >= 11 is 0. The number of fused-ring (bicyclic) bond motifs is 2. The average Bonchev–Trinajstić information content (AvgIpc) is 3.46. The van der Waals surface area contributed by atoms with Crippen molar-refractivity contribution in [2.45, 2.75) is 63.2 Å². The van der Waals surface area contributed by atoms with Gasteiger partial charge in [-0.3, -0.25) is 9.59 Å². The number of benzene rings is 2. The van der Waals surface area contributed by atoms with Gasteiger partial charge >= 0.3 is 0 Å². The lowest BCUT2D eigenvalue weighted by atomic mass is 9.71. The molecule has 0 unspecified atom stereocenters. The van der Waals surface area contributed by atoms with E-state index in [2.05, 4.69) is 41.7 Å². The molecule has 1 fully saturated rings. The second kappa shape index (κ2) is 9.14. The largest absolute Gasteiger partial charge is 0.370 e. The Balaban J connectivity index is 1.44. The van der Waals surface area contributed by atoms with E-state index in [-0.39, 0.29) is 29.4 Å². The van der Waals surface area contributed by atoms with Gasteiger partial charge in [0.25, 0.3) is 0 Å². The molecule has 5 heteroatoms. The number of hydrogen-bond acceptors (Lipinski definition) is 3. The third-order valence-corrected chi connectivity index (χ3v) is 7.57. The summed E-state index contributed by atoms with van der Waals surface area (Å²) < 4.78 is 6.64. The van der Waals surface area contributed by atoms with Crippen LogP contribution < -0.4 is 5.32 Å². The molecule has 5 nitrogen and oxygen atoms in total. The maximum Gasteiger partial charge on any atom is 0.249 e. The number of amides is 2. The Bertz CT molecular complexity index is 1050. The Morgan fingerprint density at radius 2 is 1.79 bits per heavy atom. The number of carbonyl (C=O) groups excluding carboxylic acids is 2. The van der Waals surface area contributed by atoms with E-state index in [4.69, 9.17) is 4.74 Å². The van der Waals surface area contributed by atoms with Crippen LogP contribution in [0.2, 0.25) is 0 Å². The van der Waals surface area contributed by atoms with Gasteiger partial charge in [-0.25, -0.2) is 0 Å². The lowest BCUT2D eigenvalue weighted by molar-refractivity contribution is -0.130. The van der Waals surface area contributed by atoms with Gasteiger partial charge in [-0.2, -0.15) is 0 Å². The molecule has 1 saturated heterocycles. The number of rotatable bonds is 5. The molecule has 1 N–H and O–H groups in total. The van der Waals surface area contributed by atoms with Crippen LogP contribution in [0.5, 0.6) is 0 Å². The molecule has 2 aromatic carbocycles. The molecular formula is C28H32N2O3. The van der Waals surface area contributed by atoms with Crippen molar-refractivity contribution in [3.8, 4) is 0 Å². The molecule has 172 valence electrons. The maximum atomic E-state index is 13.0. The van der Waals surface area contributed by atoms with E-state index in [0.29, 0.717) is 19.7 Å². The molecule has 0 radical (unpaired) electrons. The van der Waals surface area contributed by atoms with Gasteiger partial charge in [0, 0.05) is 31.0 Å². The van der Waals surface area contributed by atoms with Gasteiger partial charge in [-0.05, 0) is 48.8 Å². The normalized spacial score (nSPS) is 23.3. The molecule has 1 spiro atoms. The predicted molar refractivity (Wildman–Crippen MR) is 127 cm³/mol. The van der Waals surface area contributed by atoms with Gasteiger partial charge in [0.05, 0.1) is 18.8 Å². The number of ether oxygens (including phenoxy) is 1. The van der Waals surface area contributed by atoms with Gasteiger partial charge in [-0.1, -0.05) is 60.7 Å². The van der Waals surface area contributed by atoms with Crippen molar-refractivity contribution in [3.05, 3.63) is 82.9 Å². The van der Waals surface area contributed by atoms with Crippen molar-refractivity contribution >= 4 is 11.8 Å². The second-order valence-electron chi connectivity index (χ2n) is 9.55. The molecule has 0 aromatic heterocycles. The van der Waals surface area contributed by atoms with E-state index in [1.54, 1.807) is 6.92 Å². The lowest BCUT2D eigenvalue weighted by Gasteiger charge is -2.44. The van der Waals surface area contributed by atoms with Crippen molar-refractivity contribution in [3.63, 3.8) is 0 Å². The fourth-order valence-electron chi connectivity index (χ4n) is 5.98. The van der Waals surface area contributed by atoms with Crippen LogP contribution in [-0.4, -0.2) is 35.9 Å². The summed E-state index contributed by atoms with van der Waals surface area (Å²) in [6, 6.07) is 18.4. The fraction of sp³-hybridized carbons (Fsp3) is 0.429. The van der Waals surface area contributed by atoms with Crippen LogP contribution in [0, 0.1) is 0 Å². The molecule has 3 aliphatic rings. The van der Waals surface area contributed by atoms with Crippen molar-refractivity contribution in [2.24, 2.45) is 0 Å². The summed E-state index contributed by atoms with van der Waals surface area (Å²) in [6.45, 7) is 3.48. The van der Waals surface area contributed by atoms with Crippen LogP contribution in [0.1, 0.15) is 61.8 Å². The number of allylic oxidation sites excluding steroid dienone is 1. The molecule has 33 heavy (non-hydrogen) atoms. The van der Waals surface area contributed by atoms with Crippen molar-refractivity contribution in [1.29, 1.82) is 0 Å². The Morgan fingerprint density at radius 3 is 2.48 bits per heavy atom. The standard InChI is InChI=1S/C28H32N2O3/c1-20(31)29-25-23-13-7-8-14-24(23)28(26(25)33-19-21-9-3-2-4-10-21)15-17-30(18-16-28)27(32)22-11-5-6-12-22/h2-4,7-11,13-14,25-26H,5-6,12,15-19H2,1H3,(H,29,31)/t25-,26+/m1/s1. The Kier molecular flexibility index (Phi) is 6.07. The molecule has 0 saturated carbocycles. The van der Waals surface area contributed by atoms with Gasteiger partial charge in [0.2, 0.25) is 11.8 Å². The van der Waals surface area contributed by atoms with E-state index in [9.17, 15) is 9.59 Å². The average molecular weight is 445 g/mol. The Hall–Kier alpha value is -2.92. The zero-order valence-electron chi connectivity index (χ0n) is 19.3. The zero-order valence-corrected chi connectivity index (χ0v) is 19.3. The summed E-state index contributed by atoms with van der Waals surface area (Å²) in [5.74, 6) is 0.148. The third-order valence-electron chi connectivity index (χ3n) is 7.57. The molecule has 0 bridgehead atoms. The number of carbonyl (C=O) groups is 2. The molecule has 5 rings (SSSR count). The van der Waals surface area contributed by atoms with E-state index in [0.717, 1.165) is 48.8 Å². The van der Waals surface area contributed by atoms with Crippen molar-refractivity contribution in [1.82, 2.24) is 10.2 Å². The molecule has 2 amide bonds. The number of nitrogens with zero attached hydrogens (tertiary/aromatic N) is 1. The first-order valence-corrected chi connectivity index (χ1v) is 12.1. The highest BCUT2D eigenvalue weighted by Gasteiger charge is 2.54. The highest BCUT2D eigenvalue weighted by atomic mass is 16.5.